The fraction of sp³-hybridized carbons (Fsp3) is 0.375. The van der Waals surface area contributed by atoms with Gasteiger partial charge in [0.2, 0.25) is 0 Å². The second-order valence-corrected chi connectivity index (χ2v) is 4.94. The van der Waals surface area contributed by atoms with E-state index in [2.05, 4.69) is 22.1 Å². The molecule has 0 aliphatic carbocycles. The quantitative estimate of drug-likeness (QED) is 0.850. The number of hydrogen-bond acceptors (Lipinski definition) is 4. The highest BCUT2D eigenvalue weighted by Crippen LogP contribution is 2.12. The molecule has 0 aliphatic heterocycles. The van der Waals surface area contributed by atoms with Crippen LogP contribution < -0.4 is 10.2 Å². The molecular weight excluding hydrogens is 266 g/mol. The van der Waals surface area contributed by atoms with Crippen molar-refractivity contribution < 1.29 is 9.21 Å². The van der Waals surface area contributed by atoms with Gasteiger partial charge >= 0.3 is 0 Å². The van der Waals surface area contributed by atoms with E-state index in [0.29, 0.717) is 12.2 Å². The van der Waals surface area contributed by atoms with Crippen molar-refractivity contribution in [3.05, 3.63) is 48.2 Å². The van der Waals surface area contributed by atoms with Gasteiger partial charge in [-0.1, -0.05) is 13.3 Å². The average Bonchev–Trinajstić information content (AvgIpc) is 3.04. The lowest BCUT2D eigenvalue weighted by Crippen LogP contribution is -2.24. The summed E-state index contributed by atoms with van der Waals surface area (Å²) in [5.74, 6) is 0.522. The van der Waals surface area contributed by atoms with Crippen molar-refractivity contribution in [3.63, 3.8) is 0 Å². The number of furan rings is 1. The Labute approximate surface area is 125 Å². The monoisotopic (exact) mass is 287 g/mol. The Hall–Kier alpha value is -2.30. The van der Waals surface area contributed by atoms with Crippen LogP contribution >= 0.6 is 0 Å². The van der Waals surface area contributed by atoms with E-state index in [-0.39, 0.29) is 5.91 Å². The number of aromatic nitrogens is 1. The van der Waals surface area contributed by atoms with Crippen LogP contribution in [-0.2, 0) is 6.54 Å². The summed E-state index contributed by atoms with van der Waals surface area (Å²) in [6.45, 7) is 3.52. The summed E-state index contributed by atoms with van der Waals surface area (Å²) in [7, 11) is 2.03. The number of carbonyl (C=O) groups excluding carboxylic acids is 1. The van der Waals surface area contributed by atoms with Crippen LogP contribution in [0, 0.1) is 0 Å². The minimum absolute atomic E-state index is 0.200. The third kappa shape index (κ3) is 4.34. The van der Waals surface area contributed by atoms with E-state index in [4.69, 9.17) is 4.42 Å². The van der Waals surface area contributed by atoms with Crippen molar-refractivity contribution in [2.24, 2.45) is 0 Å². The van der Waals surface area contributed by atoms with Gasteiger partial charge in [0, 0.05) is 13.6 Å². The SMILES string of the molecule is CCCCN(C)c1ccc(C(=O)NCc2ccco2)nc1. The standard InChI is InChI=1S/C16H21N3O2/c1-3-4-9-19(2)13-7-8-15(17-11-13)16(20)18-12-14-6-5-10-21-14/h5-8,10-11H,3-4,9,12H2,1-2H3,(H,18,20). The molecule has 0 saturated carbocycles. The molecule has 0 aliphatic rings. The predicted molar refractivity (Wildman–Crippen MR) is 82.3 cm³/mol. The van der Waals surface area contributed by atoms with Gasteiger partial charge in [0.1, 0.15) is 11.5 Å². The topological polar surface area (TPSA) is 58.4 Å². The highest BCUT2D eigenvalue weighted by molar-refractivity contribution is 5.92. The summed E-state index contributed by atoms with van der Waals surface area (Å²) < 4.78 is 5.17. The molecule has 5 heteroatoms. The zero-order chi connectivity index (χ0) is 15.1. The van der Waals surface area contributed by atoms with Gasteiger partial charge in [-0.25, -0.2) is 4.98 Å². The molecule has 112 valence electrons. The summed E-state index contributed by atoms with van der Waals surface area (Å²) in [6, 6.07) is 7.28. The molecule has 0 bridgehead atoms. The summed E-state index contributed by atoms with van der Waals surface area (Å²) >= 11 is 0. The molecule has 0 fully saturated rings. The van der Waals surface area contributed by atoms with E-state index in [9.17, 15) is 4.79 Å². The average molecular weight is 287 g/mol. The van der Waals surface area contributed by atoms with Crippen LogP contribution in [0.5, 0.6) is 0 Å². The van der Waals surface area contributed by atoms with E-state index in [1.165, 1.54) is 0 Å². The van der Waals surface area contributed by atoms with Crippen LogP contribution in [-0.4, -0.2) is 24.5 Å². The Balaban J connectivity index is 1.90. The van der Waals surface area contributed by atoms with Crippen LogP contribution in [0.3, 0.4) is 0 Å². The van der Waals surface area contributed by atoms with E-state index in [1.54, 1.807) is 24.6 Å². The largest absolute Gasteiger partial charge is 0.467 e. The van der Waals surface area contributed by atoms with Crippen LogP contribution in [0.2, 0.25) is 0 Å². The first kappa shape index (κ1) is 15.1. The molecule has 5 nitrogen and oxygen atoms in total. The van der Waals surface area contributed by atoms with Gasteiger partial charge < -0.3 is 14.6 Å². The number of pyridine rings is 1. The zero-order valence-electron chi connectivity index (χ0n) is 12.5. The summed E-state index contributed by atoms with van der Waals surface area (Å²) in [5.41, 5.74) is 1.43. The number of rotatable bonds is 7. The van der Waals surface area contributed by atoms with Crippen LogP contribution in [0.25, 0.3) is 0 Å². The zero-order valence-corrected chi connectivity index (χ0v) is 12.5. The highest BCUT2D eigenvalue weighted by atomic mass is 16.3. The molecule has 2 rings (SSSR count). The van der Waals surface area contributed by atoms with Gasteiger partial charge in [-0.3, -0.25) is 4.79 Å². The molecule has 1 N–H and O–H groups in total. The molecule has 0 radical (unpaired) electrons. The minimum Gasteiger partial charge on any atom is -0.467 e. The number of hydrogen-bond donors (Lipinski definition) is 1. The van der Waals surface area contributed by atoms with Crippen LogP contribution in [0.1, 0.15) is 36.0 Å². The summed E-state index contributed by atoms with van der Waals surface area (Å²) in [5, 5.41) is 2.78. The van der Waals surface area contributed by atoms with E-state index in [1.807, 2.05) is 19.2 Å². The Morgan fingerprint density at radius 1 is 1.38 bits per heavy atom. The van der Waals surface area contributed by atoms with Crippen LogP contribution in [0.15, 0.2) is 41.1 Å². The third-order valence-electron chi connectivity index (χ3n) is 3.27. The fourth-order valence-corrected chi connectivity index (χ4v) is 1.94. The second-order valence-electron chi connectivity index (χ2n) is 4.94. The number of amides is 1. The smallest absolute Gasteiger partial charge is 0.270 e. The first-order valence-corrected chi connectivity index (χ1v) is 7.18. The van der Waals surface area contributed by atoms with E-state index < -0.39 is 0 Å². The maximum atomic E-state index is 12.0. The minimum atomic E-state index is -0.200. The van der Waals surface area contributed by atoms with E-state index >= 15 is 0 Å². The number of nitrogens with one attached hydrogen (secondary N) is 1. The summed E-state index contributed by atoms with van der Waals surface area (Å²) in [4.78, 5) is 18.3. The van der Waals surface area contributed by atoms with Gasteiger partial charge in [0.15, 0.2) is 0 Å². The first-order valence-electron chi connectivity index (χ1n) is 7.18. The number of unbranched alkanes of at least 4 members (excludes halogenated alkanes) is 1. The van der Waals surface area contributed by atoms with Crippen molar-refractivity contribution in [3.8, 4) is 0 Å². The number of nitrogens with zero attached hydrogens (tertiary/aromatic N) is 2. The first-order chi connectivity index (χ1) is 10.2. The molecule has 0 atom stereocenters. The summed E-state index contributed by atoms with van der Waals surface area (Å²) in [6.07, 6.45) is 5.62. The Bertz CT molecular complexity index is 549. The van der Waals surface area contributed by atoms with Crippen molar-refractivity contribution in [2.45, 2.75) is 26.3 Å². The highest BCUT2D eigenvalue weighted by Gasteiger charge is 2.08. The molecular formula is C16H21N3O2. The maximum Gasteiger partial charge on any atom is 0.270 e. The van der Waals surface area contributed by atoms with E-state index in [0.717, 1.165) is 30.8 Å². The van der Waals surface area contributed by atoms with Gasteiger partial charge in [-0.05, 0) is 30.7 Å². The lowest BCUT2D eigenvalue weighted by molar-refractivity contribution is 0.0943. The molecule has 1 amide bonds. The Morgan fingerprint density at radius 3 is 2.86 bits per heavy atom. The van der Waals surface area contributed by atoms with Crippen LogP contribution in [0.4, 0.5) is 5.69 Å². The predicted octanol–water partition coefficient (Wildman–Crippen LogP) is 2.84. The van der Waals surface area contributed by atoms with Gasteiger partial charge in [0.05, 0.1) is 24.7 Å². The second kappa shape index (κ2) is 7.47. The van der Waals surface area contributed by atoms with Crippen molar-refractivity contribution in [1.82, 2.24) is 10.3 Å². The van der Waals surface area contributed by atoms with Crippen molar-refractivity contribution in [1.29, 1.82) is 0 Å². The molecule has 2 aromatic heterocycles. The molecule has 2 aromatic rings. The van der Waals surface area contributed by atoms with Gasteiger partial charge in [0.25, 0.3) is 5.91 Å². The maximum absolute atomic E-state index is 12.0. The van der Waals surface area contributed by atoms with Crippen molar-refractivity contribution in [2.75, 3.05) is 18.5 Å². The Kier molecular flexibility index (Phi) is 5.37. The van der Waals surface area contributed by atoms with Gasteiger partial charge in [-0.2, -0.15) is 0 Å². The normalized spacial score (nSPS) is 10.4. The molecule has 0 saturated heterocycles. The fourth-order valence-electron chi connectivity index (χ4n) is 1.94. The number of anilines is 1. The molecule has 0 spiro atoms. The lowest BCUT2D eigenvalue weighted by atomic mass is 10.2. The molecule has 0 unspecified atom stereocenters. The number of carbonyl (C=O) groups is 1. The van der Waals surface area contributed by atoms with Crippen molar-refractivity contribution >= 4 is 11.6 Å². The molecule has 0 aromatic carbocycles. The lowest BCUT2D eigenvalue weighted by Gasteiger charge is -2.18. The molecule has 2 heterocycles. The Morgan fingerprint density at radius 2 is 2.24 bits per heavy atom. The third-order valence-corrected chi connectivity index (χ3v) is 3.27. The van der Waals surface area contributed by atoms with Gasteiger partial charge in [-0.15, -0.1) is 0 Å². The molecule has 21 heavy (non-hydrogen) atoms.